The number of hydrogen-bond acceptors (Lipinski definition) is 6. The van der Waals surface area contributed by atoms with E-state index >= 15 is 0 Å². The van der Waals surface area contributed by atoms with E-state index in [-0.39, 0.29) is 18.1 Å². The number of rotatable bonds is 6. The Labute approximate surface area is 205 Å². The monoisotopic (exact) mass is 516 g/mol. The average molecular weight is 517 g/mol. The molecule has 0 saturated heterocycles. The highest BCUT2D eigenvalue weighted by Gasteiger charge is 2.30. The maximum atomic E-state index is 13.6. The van der Waals surface area contributed by atoms with Crippen molar-refractivity contribution < 1.29 is 32.2 Å². The van der Waals surface area contributed by atoms with Crippen LogP contribution >= 0.6 is 9.24 Å². The number of benzene rings is 1. The third-order valence-corrected chi connectivity index (χ3v) is 4.19. The maximum Gasteiger partial charge on any atom is 0.302 e. The molecule has 0 aliphatic heterocycles. The average Bonchev–Trinajstić information content (AvgIpc) is 3.17. The molecule has 8 nitrogen and oxygen atoms in total. The third-order valence-electron chi connectivity index (χ3n) is 3.90. The van der Waals surface area contributed by atoms with Gasteiger partial charge in [0.05, 0.1) is 19.4 Å². The van der Waals surface area contributed by atoms with Gasteiger partial charge in [0.2, 0.25) is 5.90 Å². The van der Waals surface area contributed by atoms with E-state index in [2.05, 4.69) is 20.1 Å². The van der Waals surface area contributed by atoms with Crippen molar-refractivity contribution in [3.63, 3.8) is 0 Å². The molecule has 194 valence electrons. The van der Waals surface area contributed by atoms with Crippen LogP contribution in [-0.2, 0) is 27.0 Å². The number of nitrogens with zero attached hydrogens (tertiary/aromatic N) is 3. The number of amides is 1. The molecule has 0 fully saturated rings. The molecule has 1 aromatic carbocycles. The first-order valence-corrected chi connectivity index (χ1v) is 10.8. The summed E-state index contributed by atoms with van der Waals surface area (Å²) >= 11 is 0. The number of alkyl halides is 2. The zero-order valence-corrected chi connectivity index (χ0v) is 22.0. The van der Waals surface area contributed by atoms with Crippen molar-refractivity contribution in [2.75, 3.05) is 27.9 Å². The van der Waals surface area contributed by atoms with Crippen LogP contribution in [-0.4, -0.2) is 55.7 Å². The Morgan fingerprint density at radius 3 is 2.26 bits per heavy atom. The highest BCUT2D eigenvalue weighted by molar-refractivity contribution is 7.17. The number of carbonyl (C=O) groups excluding carboxylic acids is 2. The van der Waals surface area contributed by atoms with Crippen LogP contribution in [0.1, 0.15) is 42.5 Å². The Hall–Kier alpha value is -3.04. The Kier molecular flexibility index (Phi) is 14.4. The van der Waals surface area contributed by atoms with Gasteiger partial charge in [-0.05, 0) is 44.5 Å². The fraction of sp³-hybridized carbons (Fsp3) is 0.391. The summed E-state index contributed by atoms with van der Waals surface area (Å²) in [5.74, 6) is -0.853. The molecule has 2 rings (SSSR count). The lowest BCUT2D eigenvalue weighted by Gasteiger charge is -2.11. The molecule has 12 heteroatoms. The molecule has 0 bridgehead atoms. The third kappa shape index (κ3) is 11.3. The zero-order valence-electron chi connectivity index (χ0n) is 20.9. The van der Waals surface area contributed by atoms with Crippen LogP contribution in [0.25, 0.3) is 5.70 Å². The number of halogens is 3. The first-order chi connectivity index (χ1) is 16.4. The largest absolute Gasteiger partial charge is 0.483 e. The fourth-order valence-electron chi connectivity index (χ4n) is 2.47. The van der Waals surface area contributed by atoms with Gasteiger partial charge >= 0.3 is 5.66 Å². The molecule has 1 amide bonds. The molecule has 2 aromatic rings. The van der Waals surface area contributed by atoms with Crippen LogP contribution in [0.4, 0.5) is 13.2 Å². The lowest BCUT2D eigenvalue weighted by Crippen LogP contribution is -2.31. The van der Waals surface area contributed by atoms with Crippen LogP contribution < -0.4 is 5.32 Å². The van der Waals surface area contributed by atoms with Crippen LogP contribution in [0.5, 0.6) is 0 Å². The number of ether oxygens (including phenoxy) is 2. The topological polar surface area (TPSA) is 94.8 Å². The molecule has 1 N–H and O–H groups in total. The van der Waals surface area contributed by atoms with Crippen molar-refractivity contribution in [3.8, 4) is 0 Å². The van der Waals surface area contributed by atoms with Crippen molar-refractivity contribution in [1.82, 2.24) is 15.1 Å². The lowest BCUT2D eigenvalue weighted by molar-refractivity contribution is -0.106. The van der Waals surface area contributed by atoms with E-state index in [1.807, 2.05) is 13.8 Å². The van der Waals surface area contributed by atoms with Crippen molar-refractivity contribution in [2.24, 2.45) is 12.0 Å². The van der Waals surface area contributed by atoms with Gasteiger partial charge in [0.1, 0.15) is 23.5 Å². The second-order valence-corrected chi connectivity index (χ2v) is 7.78. The van der Waals surface area contributed by atoms with Crippen molar-refractivity contribution in [3.05, 3.63) is 58.7 Å². The Bertz CT molecular complexity index is 1030. The van der Waals surface area contributed by atoms with Gasteiger partial charge < -0.3 is 19.6 Å². The van der Waals surface area contributed by atoms with E-state index in [0.717, 1.165) is 22.6 Å². The van der Waals surface area contributed by atoms with Crippen molar-refractivity contribution >= 4 is 33.0 Å². The molecule has 1 aromatic heterocycles. The molecule has 1 atom stereocenters. The standard InChI is InChI=1S/C19H22F3N4O2P.C2H6O.C2H4O/c1-11(2)17(12-6-5-7-13(20)8-12)24-16(28-4)10-23-18(27)14-9-15(19(21,22)29)25-26(14)3;1-3-2;1-2-3/h5-9H,10,29H2,1-4H3,(H,23,27);1-2H3;2H,1H3. The highest BCUT2D eigenvalue weighted by atomic mass is 31.0. The molecule has 1 heterocycles. The second-order valence-electron chi connectivity index (χ2n) is 7.06. The van der Waals surface area contributed by atoms with E-state index < -0.39 is 23.1 Å². The predicted octanol–water partition coefficient (Wildman–Crippen LogP) is 4.18. The van der Waals surface area contributed by atoms with Crippen molar-refractivity contribution in [2.45, 2.75) is 26.4 Å². The smallest absolute Gasteiger partial charge is 0.302 e. The van der Waals surface area contributed by atoms with Gasteiger partial charge in [-0.3, -0.25) is 9.48 Å². The quantitative estimate of drug-likeness (QED) is 0.269. The molecule has 1 unspecified atom stereocenters. The van der Waals surface area contributed by atoms with Crippen molar-refractivity contribution in [1.29, 1.82) is 0 Å². The summed E-state index contributed by atoms with van der Waals surface area (Å²) < 4.78 is 50.8. The summed E-state index contributed by atoms with van der Waals surface area (Å²) in [6, 6.07) is 6.96. The van der Waals surface area contributed by atoms with E-state index in [4.69, 9.17) is 9.53 Å². The number of hydrogen-bond donors (Lipinski definition) is 1. The van der Waals surface area contributed by atoms with E-state index in [9.17, 15) is 18.0 Å². The number of nitrogens with one attached hydrogen (secondary N) is 1. The molecular weight excluding hydrogens is 484 g/mol. The van der Waals surface area contributed by atoms with Gasteiger partial charge in [0.15, 0.2) is 0 Å². The zero-order chi connectivity index (χ0) is 27.2. The number of carbonyl (C=O) groups is 2. The summed E-state index contributed by atoms with van der Waals surface area (Å²) in [5, 5.41) is 6.21. The minimum Gasteiger partial charge on any atom is -0.483 e. The summed E-state index contributed by atoms with van der Waals surface area (Å²) in [4.78, 5) is 25.6. The van der Waals surface area contributed by atoms with Gasteiger partial charge in [0.25, 0.3) is 5.91 Å². The highest BCUT2D eigenvalue weighted by Crippen LogP contribution is 2.33. The summed E-state index contributed by atoms with van der Waals surface area (Å²) in [7, 11) is 7.41. The number of allylic oxidation sites excluding steroid dienone is 1. The van der Waals surface area contributed by atoms with Gasteiger partial charge in [-0.15, -0.1) is 0 Å². The maximum absolute atomic E-state index is 13.6. The Morgan fingerprint density at radius 2 is 1.83 bits per heavy atom. The number of methoxy groups -OCH3 is 2. The van der Waals surface area contributed by atoms with Crippen LogP contribution in [0.15, 0.2) is 40.9 Å². The minimum atomic E-state index is -3.24. The van der Waals surface area contributed by atoms with Crippen LogP contribution in [0, 0.1) is 5.82 Å². The van der Waals surface area contributed by atoms with Crippen LogP contribution in [0.3, 0.4) is 0 Å². The number of aliphatic imine (C=N–C) groups is 1. The predicted molar refractivity (Wildman–Crippen MR) is 133 cm³/mol. The van der Waals surface area contributed by atoms with E-state index in [1.54, 1.807) is 26.4 Å². The molecule has 0 saturated carbocycles. The van der Waals surface area contributed by atoms with Gasteiger partial charge in [-0.25, -0.2) is 9.38 Å². The number of aldehydes is 1. The van der Waals surface area contributed by atoms with E-state index in [0.29, 0.717) is 11.3 Å². The second kappa shape index (κ2) is 15.8. The Balaban J connectivity index is 0.00000174. The minimum absolute atomic E-state index is 0.0369. The molecule has 35 heavy (non-hydrogen) atoms. The fourth-order valence-corrected chi connectivity index (χ4v) is 2.61. The first kappa shape index (κ1) is 32.0. The summed E-state index contributed by atoms with van der Waals surface area (Å²) in [6.07, 6.45) is 0.750. The molecule has 0 spiro atoms. The number of aryl methyl sites for hydroxylation is 1. The molecule has 0 aliphatic carbocycles. The first-order valence-electron chi connectivity index (χ1n) is 10.2. The number of aromatic nitrogens is 2. The molecule has 0 radical (unpaired) electrons. The van der Waals surface area contributed by atoms with Crippen LogP contribution in [0.2, 0.25) is 0 Å². The lowest BCUT2D eigenvalue weighted by atomic mass is 10.1. The SMILES string of the molecule is CC=O.COC.COC(CNC(=O)c1cc(C(F)(F)P)nn1C)=NC(=C(C)C)c1cccc(F)c1. The van der Waals surface area contributed by atoms with Gasteiger partial charge in [-0.2, -0.15) is 13.9 Å². The molecular formula is C23H32F3N4O4P. The molecule has 0 aliphatic rings. The summed E-state index contributed by atoms with van der Waals surface area (Å²) in [6.45, 7) is 4.98. The Morgan fingerprint density at radius 1 is 1.26 bits per heavy atom. The normalized spacial score (nSPS) is 10.8. The van der Waals surface area contributed by atoms with Gasteiger partial charge in [-0.1, -0.05) is 21.4 Å². The van der Waals surface area contributed by atoms with Gasteiger partial charge in [0, 0.05) is 26.8 Å². The summed E-state index contributed by atoms with van der Waals surface area (Å²) in [5.41, 5.74) is -1.93. The van der Waals surface area contributed by atoms with E-state index in [1.165, 1.54) is 42.5 Å².